The molecule has 3 rings (SSSR count). The Hall–Kier alpha value is -1.46. The molecule has 22 heavy (non-hydrogen) atoms. The van der Waals surface area contributed by atoms with E-state index in [2.05, 4.69) is 29.1 Å². The minimum absolute atomic E-state index is 0.109. The molecule has 1 fully saturated rings. The normalized spacial score (nSPS) is 23.3. The Balaban J connectivity index is 1.89. The first kappa shape index (κ1) is 15.4. The van der Waals surface area contributed by atoms with Crippen LogP contribution in [0.4, 0.5) is 0 Å². The van der Waals surface area contributed by atoms with E-state index >= 15 is 0 Å². The summed E-state index contributed by atoms with van der Waals surface area (Å²) >= 11 is 0. The highest BCUT2D eigenvalue weighted by atomic mass is 16.5. The van der Waals surface area contributed by atoms with E-state index in [1.807, 2.05) is 18.7 Å². The van der Waals surface area contributed by atoms with Crippen LogP contribution in [-0.4, -0.2) is 53.0 Å². The van der Waals surface area contributed by atoms with E-state index < -0.39 is 0 Å². The van der Waals surface area contributed by atoms with Crippen LogP contribution in [0, 0.1) is 6.92 Å². The van der Waals surface area contributed by atoms with Crippen molar-refractivity contribution in [3.8, 4) is 0 Å². The molecule has 0 radical (unpaired) electrons. The monoisotopic (exact) mass is 302 g/mol. The summed E-state index contributed by atoms with van der Waals surface area (Å²) < 4.78 is 7.12. The van der Waals surface area contributed by atoms with Crippen molar-refractivity contribution in [3.63, 3.8) is 0 Å². The molecule has 0 aromatic carbocycles. The lowest BCUT2D eigenvalue weighted by atomic mass is 9.78. The van der Waals surface area contributed by atoms with Gasteiger partial charge in [0.05, 0.1) is 18.0 Å². The SMILES string of the molecule is COCCN1CCC[C@](C)(c2ccc3c(C)nn(C)c3n2)C1. The molecule has 0 aliphatic carbocycles. The van der Waals surface area contributed by atoms with Crippen molar-refractivity contribution in [1.82, 2.24) is 19.7 Å². The third kappa shape index (κ3) is 2.75. The van der Waals surface area contributed by atoms with Crippen LogP contribution in [-0.2, 0) is 17.2 Å². The van der Waals surface area contributed by atoms with Gasteiger partial charge in [-0.25, -0.2) is 4.98 Å². The van der Waals surface area contributed by atoms with Crippen molar-refractivity contribution in [2.45, 2.75) is 32.1 Å². The molecule has 120 valence electrons. The summed E-state index contributed by atoms with van der Waals surface area (Å²) in [6.07, 6.45) is 2.40. The number of methoxy groups -OCH3 is 1. The van der Waals surface area contributed by atoms with Gasteiger partial charge in [-0.05, 0) is 38.4 Å². The first-order valence-corrected chi connectivity index (χ1v) is 8.06. The molecule has 3 heterocycles. The average Bonchev–Trinajstić information content (AvgIpc) is 2.80. The highest BCUT2D eigenvalue weighted by Crippen LogP contribution is 2.33. The fourth-order valence-electron chi connectivity index (χ4n) is 3.60. The fourth-order valence-corrected chi connectivity index (χ4v) is 3.60. The number of ether oxygens (including phenoxy) is 1. The predicted molar refractivity (Wildman–Crippen MR) is 88.1 cm³/mol. The first-order valence-electron chi connectivity index (χ1n) is 8.06. The molecule has 1 saturated heterocycles. The standard InChI is InChI=1S/C17H26N4O/c1-13-14-6-7-15(18-16(14)20(3)19-13)17(2)8-5-9-21(12-17)10-11-22-4/h6-7H,5,8-12H2,1-4H3/t17-/m0/s1. The Morgan fingerprint density at radius 1 is 1.36 bits per heavy atom. The summed E-state index contributed by atoms with van der Waals surface area (Å²) in [5, 5.41) is 5.64. The van der Waals surface area contributed by atoms with E-state index in [4.69, 9.17) is 9.72 Å². The van der Waals surface area contributed by atoms with Crippen LogP contribution in [0.25, 0.3) is 11.0 Å². The summed E-state index contributed by atoms with van der Waals surface area (Å²) in [5.41, 5.74) is 3.33. The van der Waals surface area contributed by atoms with Gasteiger partial charge in [0.2, 0.25) is 0 Å². The predicted octanol–water partition coefficient (Wildman–Crippen LogP) is 2.28. The van der Waals surface area contributed by atoms with Gasteiger partial charge in [-0.2, -0.15) is 5.10 Å². The smallest absolute Gasteiger partial charge is 0.158 e. The number of likely N-dealkylation sites (tertiary alicyclic amines) is 1. The highest BCUT2D eigenvalue weighted by molar-refractivity contribution is 5.78. The Morgan fingerprint density at radius 2 is 2.18 bits per heavy atom. The van der Waals surface area contributed by atoms with Crippen molar-refractivity contribution in [2.75, 3.05) is 33.4 Å². The molecule has 0 spiro atoms. The van der Waals surface area contributed by atoms with Crippen LogP contribution in [0.1, 0.15) is 31.2 Å². The van der Waals surface area contributed by atoms with Crippen LogP contribution in [0.2, 0.25) is 0 Å². The van der Waals surface area contributed by atoms with Crippen LogP contribution in [0.5, 0.6) is 0 Å². The summed E-state index contributed by atoms with van der Waals surface area (Å²) in [5.74, 6) is 0. The number of rotatable bonds is 4. The van der Waals surface area contributed by atoms with E-state index in [1.54, 1.807) is 7.11 Å². The maximum atomic E-state index is 5.23. The van der Waals surface area contributed by atoms with E-state index in [9.17, 15) is 0 Å². The van der Waals surface area contributed by atoms with E-state index in [0.717, 1.165) is 43.0 Å². The number of hydrogen-bond acceptors (Lipinski definition) is 4. The van der Waals surface area contributed by atoms with Crippen LogP contribution in [0.3, 0.4) is 0 Å². The lowest BCUT2D eigenvalue weighted by Gasteiger charge is -2.40. The summed E-state index contributed by atoms with van der Waals surface area (Å²) in [6.45, 7) is 8.38. The molecule has 1 aliphatic rings. The molecule has 0 unspecified atom stereocenters. The molecule has 1 aliphatic heterocycles. The minimum atomic E-state index is 0.109. The number of fused-ring (bicyclic) bond motifs is 1. The largest absolute Gasteiger partial charge is 0.383 e. The molecular formula is C17H26N4O. The molecule has 2 aromatic rings. The van der Waals surface area contributed by atoms with E-state index in [1.165, 1.54) is 18.5 Å². The van der Waals surface area contributed by atoms with Crippen LogP contribution >= 0.6 is 0 Å². The van der Waals surface area contributed by atoms with Crippen molar-refractivity contribution in [3.05, 3.63) is 23.5 Å². The lowest BCUT2D eigenvalue weighted by molar-refractivity contribution is 0.105. The molecule has 2 aromatic heterocycles. The average molecular weight is 302 g/mol. The van der Waals surface area contributed by atoms with Gasteiger partial charge in [0.15, 0.2) is 5.65 Å². The molecule has 0 saturated carbocycles. The number of hydrogen-bond donors (Lipinski definition) is 0. The summed E-state index contributed by atoms with van der Waals surface area (Å²) in [4.78, 5) is 7.44. The molecule has 5 nitrogen and oxygen atoms in total. The summed E-state index contributed by atoms with van der Waals surface area (Å²) in [6, 6.07) is 4.37. The van der Waals surface area contributed by atoms with Crippen molar-refractivity contribution in [1.29, 1.82) is 0 Å². The molecule has 0 bridgehead atoms. The second-order valence-corrected chi connectivity index (χ2v) is 6.71. The Morgan fingerprint density at radius 3 is 2.95 bits per heavy atom. The van der Waals surface area contributed by atoms with Gasteiger partial charge in [-0.15, -0.1) is 0 Å². The van der Waals surface area contributed by atoms with Gasteiger partial charge < -0.3 is 9.64 Å². The third-order valence-electron chi connectivity index (χ3n) is 4.88. The van der Waals surface area contributed by atoms with Gasteiger partial charge in [0.25, 0.3) is 0 Å². The molecular weight excluding hydrogens is 276 g/mol. The van der Waals surface area contributed by atoms with Gasteiger partial charge in [-0.1, -0.05) is 6.92 Å². The Kier molecular flexibility index (Phi) is 4.19. The van der Waals surface area contributed by atoms with Gasteiger partial charge in [0.1, 0.15) is 0 Å². The number of piperidine rings is 1. The third-order valence-corrected chi connectivity index (χ3v) is 4.88. The number of aromatic nitrogens is 3. The molecule has 0 amide bonds. The van der Waals surface area contributed by atoms with Crippen molar-refractivity contribution < 1.29 is 4.74 Å². The summed E-state index contributed by atoms with van der Waals surface area (Å²) in [7, 11) is 3.74. The Bertz CT molecular complexity index is 666. The maximum absolute atomic E-state index is 5.23. The van der Waals surface area contributed by atoms with Gasteiger partial charge in [0, 0.05) is 38.0 Å². The van der Waals surface area contributed by atoms with Crippen molar-refractivity contribution in [2.24, 2.45) is 7.05 Å². The topological polar surface area (TPSA) is 43.2 Å². The highest BCUT2D eigenvalue weighted by Gasteiger charge is 2.34. The first-order chi connectivity index (χ1) is 10.5. The van der Waals surface area contributed by atoms with Crippen LogP contribution < -0.4 is 0 Å². The second-order valence-electron chi connectivity index (χ2n) is 6.71. The maximum Gasteiger partial charge on any atom is 0.158 e. The zero-order chi connectivity index (χ0) is 15.7. The van der Waals surface area contributed by atoms with Crippen molar-refractivity contribution >= 4 is 11.0 Å². The van der Waals surface area contributed by atoms with E-state index in [0.29, 0.717) is 0 Å². The zero-order valence-corrected chi connectivity index (χ0v) is 14.1. The number of pyridine rings is 1. The van der Waals surface area contributed by atoms with Crippen LogP contribution in [0.15, 0.2) is 12.1 Å². The molecule has 0 N–H and O–H groups in total. The quantitative estimate of drug-likeness (QED) is 0.869. The molecule has 5 heteroatoms. The number of aryl methyl sites for hydroxylation is 2. The second kappa shape index (κ2) is 5.97. The Labute approximate surface area is 132 Å². The lowest BCUT2D eigenvalue weighted by Crippen LogP contribution is -2.45. The zero-order valence-electron chi connectivity index (χ0n) is 14.1. The minimum Gasteiger partial charge on any atom is -0.383 e. The van der Waals surface area contributed by atoms with Gasteiger partial charge >= 0.3 is 0 Å². The number of nitrogens with zero attached hydrogens (tertiary/aromatic N) is 4. The molecule has 1 atom stereocenters. The van der Waals surface area contributed by atoms with E-state index in [-0.39, 0.29) is 5.41 Å². The fraction of sp³-hybridized carbons (Fsp3) is 0.647. The van der Waals surface area contributed by atoms with Gasteiger partial charge in [-0.3, -0.25) is 4.68 Å².